The zero-order chi connectivity index (χ0) is 36.6. The number of amides is 1. The van der Waals surface area contributed by atoms with Crippen molar-refractivity contribution in [3.05, 3.63) is 39.3 Å². The van der Waals surface area contributed by atoms with Crippen LogP contribution < -0.4 is 5.32 Å². The Bertz CT molecular complexity index is 1310. The Balaban J connectivity index is 2.06. The van der Waals surface area contributed by atoms with Crippen LogP contribution in [0.5, 0.6) is 0 Å². The van der Waals surface area contributed by atoms with Crippen molar-refractivity contribution in [1.82, 2.24) is 15.2 Å². The maximum Gasteiger partial charge on any atom is 0.431 e. The van der Waals surface area contributed by atoms with E-state index in [9.17, 15) is 22.8 Å². The number of aromatic nitrogens is 1. The fraction of sp³-hybridized carbons (Fsp3) is 0.706. The lowest BCUT2D eigenvalue weighted by atomic mass is 9.86. The van der Waals surface area contributed by atoms with Gasteiger partial charge >= 0.3 is 12.1 Å². The summed E-state index contributed by atoms with van der Waals surface area (Å²) in [6.07, 6.45) is -0.472. The molecule has 2 N–H and O–H groups in total. The third-order valence-electron chi connectivity index (χ3n) is 9.81. The third kappa shape index (κ3) is 10.9. The highest BCUT2D eigenvalue weighted by Gasteiger charge is 2.43. The van der Waals surface area contributed by atoms with Crippen molar-refractivity contribution in [2.75, 3.05) is 19.7 Å². The molecule has 2 fully saturated rings. The van der Waals surface area contributed by atoms with Crippen molar-refractivity contribution in [3.63, 3.8) is 0 Å². The fourth-order valence-corrected chi connectivity index (χ4v) is 10.2. The van der Waals surface area contributed by atoms with E-state index in [0.29, 0.717) is 37.5 Å². The molecule has 2 heterocycles. The highest BCUT2D eigenvalue weighted by atomic mass is 35.5. The summed E-state index contributed by atoms with van der Waals surface area (Å²) < 4.78 is 62.5. The molecule has 0 bridgehead atoms. The Morgan fingerprint density at radius 1 is 1.10 bits per heavy atom. The fourth-order valence-electron chi connectivity index (χ4n) is 6.77. The molecule has 0 aromatic carbocycles. The van der Waals surface area contributed by atoms with Crippen LogP contribution in [0.3, 0.4) is 0 Å². The minimum absolute atomic E-state index is 0.0332. The molecule has 2 aliphatic rings. The monoisotopic (exact) mass is 750 g/mol. The van der Waals surface area contributed by atoms with E-state index in [2.05, 4.69) is 10.3 Å². The van der Waals surface area contributed by atoms with Crippen molar-refractivity contribution < 1.29 is 36.7 Å². The lowest BCUT2D eigenvalue weighted by Gasteiger charge is -2.37. The number of halogens is 5. The zero-order valence-corrected chi connectivity index (χ0v) is 31.9. The molecule has 9 nitrogen and oxygen atoms in total. The second-order valence-corrected chi connectivity index (χ2v) is 19.0. The molecule has 1 aliphatic carbocycles. The highest BCUT2D eigenvalue weighted by Crippen LogP contribution is 2.39. The third-order valence-corrected chi connectivity index (χ3v) is 15.1. The number of hydrogen-bond acceptors (Lipinski definition) is 8. The van der Waals surface area contributed by atoms with Gasteiger partial charge in [0.1, 0.15) is 5.70 Å². The molecular weight excluding hydrogens is 700 g/mol. The van der Waals surface area contributed by atoms with E-state index >= 15 is 0 Å². The van der Waals surface area contributed by atoms with Gasteiger partial charge in [-0.2, -0.15) is 13.2 Å². The molecule has 1 unspecified atom stereocenters. The molecule has 0 spiro atoms. The van der Waals surface area contributed by atoms with Crippen LogP contribution in [0.1, 0.15) is 91.7 Å². The van der Waals surface area contributed by atoms with Gasteiger partial charge in [0.25, 0.3) is 5.91 Å². The number of carbonyl (C=O) groups excluding carboxylic acids is 2. The molecule has 0 radical (unpaired) electrons. The van der Waals surface area contributed by atoms with E-state index < -0.39 is 55.5 Å². The molecule has 1 aliphatic heterocycles. The van der Waals surface area contributed by atoms with E-state index in [1.807, 2.05) is 34.6 Å². The van der Waals surface area contributed by atoms with Gasteiger partial charge in [0.15, 0.2) is 8.32 Å². The summed E-state index contributed by atoms with van der Waals surface area (Å²) in [4.78, 5) is 32.0. The number of esters is 1. The van der Waals surface area contributed by atoms with Crippen molar-refractivity contribution in [1.29, 1.82) is 5.41 Å². The topological polar surface area (TPSA) is 114 Å². The summed E-state index contributed by atoms with van der Waals surface area (Å²) in [5.41, 5.74) is -2.18. The minimum atomic E-state index is -4.97. The number of ether oxygens (including phenoxy) is 2. The van der Waals surface area contributed by atoms with E-state index in [4.69, 9.17) is 42.5 Å². The molecule has 1 aromatic heterocycles. The van der Waals surface area contributed by atoms with Crippen LogP contribution in [0.4, 0.5) is 13.2 Å². The average Bonchev–Trinajstić information content (AvgIpc) is 3.40. The van der Waals surface area contributed by atoms with E-state index in [1.54, 1.807) is 6.92 Å². The van der Waals surface area contributed by atoms with Gasteiger partial charge in [-0.15, -0.1) is 0 Å². The van der Waals surface area contributed by atoms with Gasteiger partial charge in [0.2, 0.25) is 0 Å². The van der Waals surface area contributed by atoms with Crippen LogP contribution in [0.2, 0.25) is 28.2 Å². The number of rotatable bonds is 16. The number of alkyl halides is 3. The van der Waals surface area contributed by atoms with Crippen LogP contribution in [0, 0.1) is 11.3 Å². The Kier molecular flexibility index (Phi) is 15.0. The standard InChI is InChI=1S/C34H51Cl2F3N4O5Si/c1-7-46-32(45)22-11-13-23(14-12-22)42-30(34(37,38)39)25(17-40)31(44)43(20-24-15-16-33(5,6)47-24)21-28(48-49(8-2,9-3)10-4)29-26(35)18-41-19-27(29)36/h17-19,22-24,28,40,42H,7-16,20-21H2,1-6H3/b30-25+,40-17?/t22-,23-,24-,28?/m1/s1. The van der Waals surface area contributed by atoms with Gasteiger partial charge in [-0.05, 0) is 77.4 Å². The van der Waals surface area contributed by atoms with Crippen LogP contribution >= 0.6 is 23.2 Å². The molecule has 49 heavy (non-hydrogen) atoms. The Labute approximate surface area is 299 Å². The summed E-state index contributed by atoms with van der Waals surface area (Å²) in [5, 5.41) is 11.1. The van der Waals surface area contributed by atoms with Crippen LogP contribution in [0.25, 0.3) is 0 Å². The zero-order valence-electron chi connectivity index (χ0n) is 29.4. The highest BCUT2D eigenvalue weighted by molar-refractivity contribution is 6.73. The SMILES string of the molecule is CCOC(=O)[C@H]1CC[C@H](N/C(=C(\C=N)C(=O)N(CC(O[Si](CC)(CC)CC)c2c(Cl)cncc2Cl)C[C@H]2CCC(C)(C)O2)C(F)(F)F)CC1. The van der Waals surface area contributed by atoms with Crippen LogP contribution in [-0.4, -0.2) is 79.9 Å². The van der Waals surface area contributed by atoms with Gasteiger partial charge in [-0.1, -0.05) is 44.0 Å². The molecule has 1 amide bonds. The summed E-state index contributed by atoms with van der Waals surface area (Å²) >= 11 is 13.3. The second-order valence-electron chi connectivity index (χ2n) is 13.5. The lowest BCUT2D eigenvalue weighted by molar-refractivity contribution is -0.149. The summed E-state index contributed by atoms with van der Waals surface area (Å²) in [7, 11) is -2.40. The van der Waals surface area contributed by atoms with E-state index in [-0.39, 0.29) is 54.5 Å². The molecule has 1 aromatic rings. The maximum absolute atomic E-state index is 14.8. The number of nitrogens with one attached hydrogen (secondary N) is 2. The summed E-state index contributed by atoms with van der Waals surface area (Å²) in [5.74, 6) is -1.74. The summed E-state index contributed by atoms with van der Waals surface area (Å²) in [6, 6.07) is 1.62. The average molecular weight is 752 g/mol. The maximum atomic E-state index is 14.8. The molecule has 1 saturated heterocycles. The summed E-state index contributed by atoms with van der Waals surface area (Å²) in [6.45, 7) is 11.7. The van der Waals surface area contributed by atoms with Gasteiger partial charge in [-0.25, -0.2) is 0 Å². The largest absolute Gasteiger partial charge is 0.466 e. The van der Waals surface area contributed by atoms with Crippen molar-refractivity contribution in [3.8, 4) is 0 Å². The first-order valence-electron chi connectivity index (χ1n) is 17.2. The molecule has 3 rings (SSSR count). The van der Waals surface area contributed by atoms with Crippen LogP contribution in [-0.2, 0) is 23.5 Å². The quantitative estimate of drug-likeness (QED) is 0.0755. The normalized spacial score (nSPS) is 22.2. The Morgan fingerprint density at radius 3 is 2.16 bits per heavy atom. The first-order valence-corrected chi connectivity index (χ1v) is 20.5. The molecular formula is C34H51Cl2F3N4O5Si. The first kappa shape index (κ1) is 41.2. The molecule has 15 heteroatoms. The Hall–Kier alpha value is -2.19. The molecule has 2 atom stereocenters. The number of carbonyl (C=O) groups is 2. The Morgan fingerprint density at radius 2 is 1.69 bits per heavy atom. The smallest absolute Gasteiger partial charge is 0.431 e. The van der Waals surface area contributed by atoms with Crippen molar-refractivity contribution in [2.45, 2.75) is 128 Å². The lowest BCUT2D eigenvalue weighted by Crippen LogP contribution is -2.47. The van der Waals surface area contributed by atoms with Crippen LogP contribution in [0.15, 0.2) is 23.7 Å². The molecule has 1 saturated carbocycles. The van der Waals surface area contributed by atoms with Crippen molar-refractivity contribution >= 4 is 49.6 Å². The number of allylic oxidation sites excluding steroid dienone is 1. The number of hydrogen-bond donors (Lipinski definition) is 2. The minimum Gasteiger partial charge on any atom is -0.466 e. The number of pyridine rings is 1. The molecule has 276 valence electrons. The first-order chi connectivity index (χ1) is 23.0. The van der Waals surface area contributed by atoms with Gasteiger partial charge < -0.3 is 29.5 Å². The number of nitrogens with zero attached hydrogens (tertiary/aromatic N) is 2. The predicted molar refractivity (Wildman–Crippen MR) is 187 cm³/mol. The second kappa shape index (κ2) is 17.8. The van der Waals surface area contributed by atoms with Crippen molar-refractivity contribution in [2.24, 2.45) is 5.92 Å². The van der Waals surface area contributed by atoms with Gasteiger partial charge in [0, 0.05) is 36.8 Å². The van der Waals surface area contributed by atoms with E-state index in [1.165, 1.54) is 17.3 Å². The van der Waals surface area contributed by atoms with Gasteiger partial charge in [-0.3, -0.25) is 14.6 Å². The predicted octanol–water partition coefficient (Wildman–Crippen LogP) is 8.41. The van der Waals surface area contributed by atoms with E-state index in [0.717, 1.165) is 18.1 Å². The van der Waals surface area contributed by atoms with Gasteiger partial charge in [0.05, 0.1) is 52.5 Å².